The molecule has 4 aliphatic rings. The molecular formula is C58H73F2N19O6S2. The SMILES string of the molecule is CC1(CCOc2ccn(-c3ccc(C(=O)NS(=N)(=O)c4cccc(F)n4)c(N4CC(CCCN=[N+]=[N-])CC4(C)C)n3)n2)CC1.CC1(CCOc2ccn(-c3ccc(C(=O)NS(=O)c4cccc(F)n4)c(N4CC(CCCN=[N+]=[N-])CC4(C)C)n3)n2)CC1. The van der Waals surface area contributed by atoms with Crippen LogP contribution >= 0.6 is 0 Å². The average Bonchev–Trinajstić information content (AvgIpc) is 2.09. The molecule has 29 heteroatoms. The van der Waals surface area contributed by atoms with Gasteiger partial charge in [-0.25, -0.2) is 42.5 Å². The number of carbonyl (C=O) groups excluding carboxylic acids is 2. The van der Waals surface area contributed by atoms with Gasteiger partial charge in [0, 0.05) is 71.6 Å². The Labute approximate surface area is 506 Å². The van der Waals surface area contributed by atoms with E-state index >= 15 is 0 Å². The number of rotatable bonds is 26. The number of amides is 2. The van der Waals surface area contributed by atoms with Crippen LogP contribution in [0.1, 0.15) is 139 Å². The van der Waals surface area contributed by atoms with Gasteiger partial charge in [0.15, 0.2) is 42.6 Å². The van der Waals surface area contributed by atoms with Gasteiger partial charge in [0.05, 0.1) is 24.3 Å². The van der Waals surface area contributed by atoms with E-state index in [0.717, 1.165) is 63.5 Å². The summed E-state index contributed by atoms with van der Waals surface area (Å²) in [6.07, 6.45) is 15.1. The van der Waals surface area contributed by atoms with Crippen molar-refractivity contribution in [1.29, 1.82) is 4.78 Å². The Morgan fingerprint density at radius 2 is 1.16 bits per heavy atom. The number of ether oxygens (including phenoxy) is 2. The first-order chi connectivity index (χ1) is 41.5. The van der Waals surface area contributed by atoms with Gasteiger partial charge < -0.3 is 19.3 Å². The lowest BCUT2D eigenvalue weighted by Crippen LogP contribution is -2.41. The van der Waals surface area contributed by atoms with Crippen molar-refractivity contribution in [2.24, 2.45) is 32.9 Å². The van der Waals surface area contributed by atoms with Crippen LogP contribution in [0, 0.1) is 39.3 Å². The Morgan fingerprint density at radius 1 is 0.690 bits per heavy atom. The Bertz CT molecular complexity index is 3710. The number of anilines is 2. The summed E-state index contributed by atoms with van der Waals surface area (Å²) in [5.74, 6) is 0.0682. The predicted molar refractivity (Wildman–Crippen MR) is 322 cm³/mol. The van der Waals surface area contributed by atoms with Gasteiger partial charge in [-0.3, -0.25) is 19.0 Å². The maximum atomic E-state index is 13.7. The van der Waals surface area contributed by atoms with Crippen LogP contribution in [-0.4, -0.2) is 110 Å². The Hall–Kier alpha value is -8.26. The van der Waals surface area contributed by atoms with E-state index in [0.29, 0.717) is 85.3 Å². The van der Waals surface area contributed by atoms with Crippen molar-refractivity contribution >= 4 is 44.4 Å². The fourth-order valence-corrected chi connectivity index (χ4v) is 12.7. The number of hydrogen-bond acceptors (Lipinski definition) is 17. The van der Waals surface area contributed by atoms with E-state index in [-0.39, 0.29) is 33.5 Å². The first-order valence-electron chi connectivity index (χ1n) is 29.0. The molecule has 87 heavy (non-hydrogen) atoms. The molecule has 4 fully saturated rings. The minimum Gasteiger partial charge on any atom is -0.477 e. The van der Waals surface area contributed by atoms with Crippen molar-refractivity contribution in [2.45, 2.75) is 140 Å². The zero-order valence-electron chi connectivity index (χ0n) is 49.6. The monoisotopic (exact) mass is 1230 g/mol. The highest BCUT2D eigenvalue weighted by molar-refractivity contribution is 7.91. The molecule has 2 saturated heterocycles. The second-order valence-electron chi connectivity index (χ2n) is 24.6. The van der Waals surface area contributed by atoms with E-state index in [9.17, 15) is 26.8 Å². The van der Waals surface area contributed by atoms with Crippen molar-refractivity contribution in [3.05, 3.63) is 129 Å². The second-order valence-corrected chi connectivity index (χ2v) is 27.5. The molecule has 0 bridgehead atoms. The Kier molecular flexibility index (Phi) is 19.5. The number of aromatic nitrogens is 8. The average molecular weight is 1230 g/mol. The highest BCUT2D eigenvalue weighted by Gasteiger charge is 2.43. The van der Waals surface area contributed by atoms with Crippen LogP contribution in [0.5, 0.6) is 11.8 Å². The summed E-state index contributed by atoms with van der Waals surface area (Å²) in [5, 5.41) is 15.9. The van der Waals surface area contributed by atoms with Gasteiger partial charge in [-0.15, -0.1) is 10.2 Å². The maximum absolute atomic E-state index is 13.7. The summed E-state index contributed by atoms with van der Waals surface area (Å²) in [5.41, 5.74) is 17.5. The fraction of sp³-hybridized carbons (Fsp3) is 0.517. The summed E-state index contributed by atoms with van der Waals surface area (Å²) < 4.78 is 81.3. The van der Waals surface area contributed by atoms with Crippen LogP contribution < -0.4 is 28.7 Å². The van der Waals surface area contributed by atoms with Crippen molar-refractivity contribution in [1.82, 2.24) is 48.9 Å². The van der Waals surface area contributed by atoms with Crippen LogP contribution in [0.25, 0.3) is 32.5 Å². The molecule has 4 atom stereocenters. The number of nitrogens with zero attached hydrogens (tertiary/aromatic N) is 16. The van der Waals surface area contributed by atoms with Crippen LogP contribution in [0.2, 0.25) is 0 Å². The predicted octanol–water partition coefficient (Wildman–Crippen LogP) is 11.3. The van der Waals surface area contributed by atoms with E-state index in [4.69, 9.17) is 35.3 Å². The molecule has 462 valence electrons. The Balaban J connectivity index is 0.000000208. The number of halogens is 2. The molecule has 2 saturated carbocycles. The van der Waals surface area contributed by atoms with Crippen LogP contribution in [0.3, 0.4) is 0 Å². The quantitative estimate of drug-likeness (QED) is 0.0149. The van der Waals surface area contributed by atoms with E-state index in [2.05, 4.69) is 96.1 Å². The molecule has 0 spiro atoms. The minimum atomic E-state index is -3.97. The summed E-state index contributed by atoms with van der Waals surface area (Å²) in [7, 11) is -6.05. The van der Waals surface area contributed by atoms with Crippen LogP contribution in [0.15, 0.2) is 105 Å². The fourth-order valence-electron chi connectivity index (χ4n) is 11.0. The highest BCUT2D eigenvalue weighted by atomic mass is 32.2. The van der Waals surface area contributed by atoms with Gasteiger partial charge >= 0.3 is 0 Å². The summed E-state index contributed by atoms with van der Waals surface area (Å²) >= 11 is 0. The molecule has 2 aliphatic carbocycles. The third-order valence-electron chi connectivity index (χ3n) is 16.5. The van der Waals surface area contributed by atoms with Gasteiger partial charge in [-0.05, 0) is 187 Å². The van der Waals surface area contributed by atoms with Crippen LogP contribution in [0.4, 0.5) is 20.4 Å². The number of hydrogen-bond donors (Lipinski definition) is 3. The molecule has 10 rings (SSSR count). The van der Waals surface area contributed by atoms with Gasteiger partial charge in [-0.1, -0.05) is 36.2 Å². The lowest BCUT2D eigenvalue weighted by atomic mass is 9.93. The summed E-state index contributed by atoms with van der Waals surface area (Å²) in [4.78, 5) is 53.8. The first-order valence-corrected chi connectivity index (χ1v) is 31.7. The van der Waals surface area contributed by atoms with E-state index in [1.807, 2.05) is 4.90 Å². The number of carbonyl (C=O) groups is 2. The van der Waals surface area contributed by atoms with Crippen molar-refractivity contribution in [3.63, 3.8) is 0 Å². The first kappa shape index (κ1) is 63.2. The number of pyridine rings is 4. The molecule has 2 aliphatic heterocycles. The van der Waals surface area contributed by atoms with Crippen molar-refractivity contribution in [3.8, 4) is 23.4 Å². The standard InChI is InChI=1S/C29H37FN10O3S.C29H36FN9O3S/c1-28(2)18-20(6-5-15-33-38-31)19-39(28)26-21(27(41)37-44(32,42)25-8-4-7-22(30)34-25)9-10-23(35-26)40-16-11-24(36-40)43-17-14-29(3)12-13-29;1-28(2)18-20(6-5-15-32-37-31)19-38(28)26-21(27(40)36-43(41)25-8-4-7-22(30)33-25)9-10-23(34-26)39-16-11-24(35-39)42-17-14-29(3)12-13-29/h4,7-11,16,20H,5-6,12-15,17-19H2,1-3H3,(H2,32,37,41,42);4,7-11,16,20H,5-6,12-15,17-19H2,1-3H3,(H,36,40). The van der Waals surface area contributed by atoms with E-state index in [1.165, 1.54) is 49.9 Å². The molecule has 6 aromatic rings. The lowest BCUT2D eigenvalue weighted by molar-refractivity contribution is 0.0973. The maximum Gasteiger partial charge on any atom is 0.267 e. The smallest absolute Gasteiger partial charge is 0.267 e. The van der Waals surface area contributed by atoms with Gasteiger partial charge in [0.1, 0.15) is 11.6 Å². The zero-order valence-corrected chi connectivity index (χ0v) is 51.3. The van der Waals surface area contributed by atoms with Crippen molar-refractivity contribution < 1.29 is 36.3 Å². The normalized spacial score (nSPS) is 19.3. The van der Waals surface area contributed by atoms with Crippen molar-refractivity contribution in [2.75, 3.05) is 49.2 Å². The Morgan fingerprint density at radius 3 is 1.62 bits per heavy atom. The summed E-state index contributed by atoms with van der Waals surface area (Å²) in [6, 6.07) is 17.5. The molecule has 3 N–H and O–H groups in total. The highest BCUT2D eigenvalue weighted by Crippen LogP contribution is 2.49. The van der Waals surface area contributed by atoms with Gasteiger partial charge in [0.25, 0.3) is 11.8 Å². The number of nitrogens with one attached hydrogen (secondary N) is 3. The third kappa shape index (κ3) is 16.4. The molecule has 25 nitrogen and oxygen atoms in total. The molecule has 0 radical (unpaired) electrons. The minimum absolute atomic E-state index is 0.0965. The topological polar surface area (TPSA) is 326 Å². The van der Waals surface area contributed by atoms with Gasteiger partial charge in [0.2, 0.25) is 23.7 Å². The number of azide groups is 2. The molecule has 2 amide bonds. The van der Waals surface area contributed by atoms with E-state index < -0.39 is 55.2 Å². The zero-order chi connectivity index (χ0) is 62.2. The lowest BCUT2D eigenvalue weighted by Gasteiger charge is -2.34. The molecule has 0 aromatic carbocycles. The molecule has 4 unspecified atom stereocenters. The molecule has 6 aromatic heterocycles. The molecular weight excluding hydrogens is 1160 g/mol. The molecule has 8 heterocycles. The summed E-state index contributed by atoms with van der Waals surface area (Å²) in [6.45, 7) is 16.0. The van der Waals surface area contributed by atoms with E-state index in [1.54, 1.807) is 58.2 Å². The van der Waals surface area contributed by atoms with Gasteiger partial charge in [-0.2, -0.15) is 8.78 Å². The van der Waals surface area contributed by atoms with Crippen LogP contribution in [-0.2, 0) is 20.9 Å². The second kappa shape index (κ2) is 26.8. The third-order valence-corrected chi connectivity index (χ3v) is 18.8. The largest absolute Gasteiger partial charge is 0.477 e.